The summed E-state index contributed by atoms with van der Waals surface area (Å²) < 4.78 is 69.9. The van der Waals surface area contributed by atoms with Crippen LogP contribution in [0.25, 0.3) is 11.1 Å². The zero-order valence-electron chi connectivity index (χ0n) is 67.0. The number of aromatic hydroxyl groups is 3. The second-order valence-electron chi connectivity index (χ2n) is 31.3. The van der Waals surface area contributed by atoms with E-state index in [-0.39, 0.29) is 51.8 Å². The molecule has 9 aliphatic rings. The highest BCUT2D eigenvalue weighted by molar-refractivity contribution is 6.32. The van der Waals surface area contributed by atoms with E-state index in [1.54, 1.807) is 37.3 Å². The standard InChI is InChI=1S/C84H93Cl2N9O31/c1-31-65(101)45(87)27-56(117-31)125-75-70(106)68(104)55(30-97)123-84(75)126-74-52-23-38-24-53(74)120-50-18-13-37(22-44(50)86)73(124-57-28-46(88)72(116-3)32(2)118-57)64-81(113)93-62(82(114)115)42-25-39(98)26-51(121-83-71(107)69(105)67(103)54(29-96)122-83)58(42)41-20-36(12-16-48(41)99)60(78(110)95-64)92-79(111)61(38)91-76(108)47(19-33-7-5-4-6-8-33)90-80(112)63(66(102)34-9-14-40(119-52)15-10-34)94-77(109)59(89)35-11-17-49(100)43(85)21-35/h4-18,20-26,31-32,45-47,54-57,59-73,75,83-84,96-107H,19,27-30,87-89H2,1-3H3,(H,90,112)(H,91,108)(H,92,111)(H,93,113)(H,94,109)(H,95,110)(H,114,115)/t31-,32-,45-,46-,47?,54+,55+,56-,57-,59?,60?,61?,62?,63?,64?,65-,66?,67+,68+,69-,70-,71-,72-,73?,75+,83-,84-/m0/s1. The van der Waals surface area contributed by atoms with Gasteiger partial charge in [-0.25, -0.2) is 4.79 Å². The Bertz CT molecular complexity index is 5180. The van der Waals surface area contributed by atoms with Gasteiger partial charge in [0, 0.05) is 61.2 Å². The highest BCUT2D eigenvalue weighted by Gasteiger charge is 2.52. The molecule has 16 rings (SSSR count). The molecule has 27 atom stereocenters. The van der Waals surface area contributed by atoms with Gasteiger partial charge in [0.25, 0.3) is 0 Å². The van der Waals surface area contributed by atoms with E-state index < -0.39 is 293 Å². The summed E-state index contributed by atoms with van der Waals surface area (Å²) in [6.07, 6.45) is -31.4. The molecule has 674 valence electrons. The molecule has 40 nitrogen and oxygen atoms in total. The SMILES string of the molecule is CO[C@H]1[C@H](C)O[C@@H](OC2c3ccc(c(Cl)c3)Oc3cc4cc(c3O[C@@H]3O[C@H](CO)[C@@H](O)[C@H](O)[C@H]3O[C@H]3C[C@H](N)[C@@H](O)[C@H](C)O3)Oc3ccc(cc3)C(O)C(NC(=O)C(N)c3ccc(O)c(Cl)c3)C(=O)NC(Cc3ccccc3)C(=O)NC4C(=O)NC3C(=O)NC2C(=O)NC(C(=O)O)c2cc(O)cc(O[C@H]4O[C@H](CO)[C@@H](O)[C@H](O)[C@@H]4O)c2-c2cc3ccc2O)C[C@@H]1N. The van der Waals surface area contributed by atoms with Crippen molar-refractivity contribution in [2.45, 2.75) is 198 Å². The molecule has 0 spiro atoms. The third-order valence-electron chi connectivity index (χ3n) is 22.8. The first-order chi connectivity index (χ1) is 60.1. The maximum atomic E-state index is 16.9. The highest BCUT2D eigenvalue weighted by Crippen LogP contribution is 2.50. The molecule has 4 saturated heterocycles. The minimum Gasteiger partial charge on any atom is -0.508 e. The number of ether oxygens (including phenoxy) is 11. The number of carbonyl (C=O) groups excluding carboxylic acids is 6. The monoisotopic (exact) mass is 1790 g/mol. The number of aliphatic hydroxyl groups excluding tert-OH is 9. The van der Waals surface area contributed by atoms with Crippen LogP contribution in [0.1, 0.15) is 102 Å². The lowest BCUT2D eigenvalue weighted by Gasteiger charge is -2.44. The van der Waals surface area contributed by atoms with E-state index >= 15 is 24.0 Å². The normalized spacial score (nSPS) is 32.1. The number of fused-ring (bicyclic) bond motifs is 15. The fourth-order valence-electron chi connectivity index (χ4n) is 16.0. The fraction of sp³-hybridized carbons (Fsp3) is 0.417. The largest absolute Gasteiger partial charge is 0.508 e. The molecule has 25 N–H and O–H groups in total. The molecular formula is C84H93Cl2N9O31. The lowest BCUT2D eigenvalue weighted by atomic mass is 9.89. The summed E-state index contributed by atoms with van der Waals surface area (Å²) in [5.74, 6) is -14.9. The van der Waals surface area contributed by atoms with Crippen molar-refractivity contribution in [3.05, 3.63) is 182 Å². The molecule has 9 aliphatic heterocycles. The number of methoxy groups -OCH3 is 1. The Hall–Kier alpha value is -10.8. The smallest absolute Gasteiger partial charge is 0.330 e. The minimum atomic E-state index is -2.43. The van der Waals surface area contributed by atoms with E-state index in [4.69, 9.17) is 92.5 Å². The Morgan fingerprint density at radius 3 is 1.86 bits per heavy atom. The van der Waals surface area contributed by atoms with Crippen molar-refractivity contribution in [1.29, 1.82) is 0 Å². The van der Waals surface area contributed by atoms with E-state index in [0.29, 0.717) is 5.56 Å². The van der Waals surface area contributed by atoms with Crippen molar-refractivity contribution in [3.8, 4) is 62.9 Å². The summed E-state index contributed by atoms with van der Waals surface area (Å²) in [5, 5.41) is 162. The molecular weight excluding hydrogens is 1700 g/mol. The van der Waals surface area contributed by atoms with Gasteiger partial charge >= 0.3 is 5.97 Å². The number of phenolic OH excluding ortho intramolecular Hbond substituents is 3. The third-order valence-corrected chi connectivity index (χ3v) is 23.4. The van der Waals surface area contributed by atoms with Crippen LogP contribution >= 0.6 is 23.2 Å². The molecule has 7 aromatic rings. The lowest BCUT2D eigenvalue weighted by Crippen LogP contribution is -2.62. The number of carboxylic acids is 1. The number of rotatable bonds is 17. The average Bonchev–Trinajstić information content (AvgIpc) is 0.789. The first-order valence-electron chi connectivity index (χ1n) is 39.8. The number of carboxylic acid groups (broad SMARTS) is 1. The van der Waals surface area contributed by atoms with E-state index in [2.05, 4.69) is 31.9 Å². The predicted molar refractivity (Wildman–Crippen MR) is 433 cm³/mol. The Kier molecular flexibility index (Phi) is 27.9. The van der Waals surface area contributed by atoms with Crippen LogP contribution in [0.4, 0.5) is 0 Å². The van der Waals surface area contributed by atoms with E-state index in [1.807, 2.05) is 0 Å². The fourth-order valence-corrected chi connectivity index (χ4v) is 16.5. The van der Waals surface area contributed by atoms with Crippen LogP contribution in [-0.4, -0.2) is 257 Å². The molecule has 6 amide bonds. The first kappa shape index (κ1) is 91.5. The van der Waals surface area contributed by atoms with Crippen molar-refractivity contribution in [3.63, 3.8) is 0 Å². The summed E-state index contributed by atoms with van der Waals surface area (Å²) in [6, 6.07) is 10.3. The summed E-state index contributed by atoms with van der Waals surface area (Å²) in [7, 11) is 1.38. The number of amides is 6. The number of phenols is 3. The number of carbonyl (C=O) groups is 7. The number of halogens is 2. The molecule has 7 aromatic carbocycles. The third kappa shape index (κ3) is 19.3. The predicted octanol–water partition coefficient (Wildman–Crippen LogP) is -0.170. The molecule has 0 aromatic heterocycles. The van der Waals surface area contributed by atoms with Gasteiger partial charge in [-0.1, -0.05) is 83.9 Å². The molecule has 9 unspecified atom stereocenters. The van der Waals surface area contributed by atoms with Crippen molar-refractivity contribution < 1.29 is 152 Å². The Morgan fingerprint density at radius 2 is 1.19 bits per heavy atom. The van der Waals surface area contributed by atoms with Crippen molar-refractivity contribution in [2.75, 3.05) is 20.3 Å². The van der Waals surface area contributed by atoms with Gasteiger partial charge in [0.15, 0.2) is 36.2 Å². The summed E-state index contributed by atoms with van der Waals surface area (Å²) in [4.78, 5) is 110. The number of nitrogens with two attached hydrogens (primary N) is 3. The first-order valence-corrected chi connectivity index (χ1v) is 40.6. The molecule has 126 heavy (non-hydrogen) atoms. The van der Waals surface area contributed by atoms with Gasteiger partial charge in [-0.2, -0.15) is 0 Å². The Labute approximate surface area is 726 Å². The average molecular weight is 1800 g/mol. The number of benzene rings is 7. The molecule has 0 radical (unpaired) electrons. The zero-order valence-corrected chi connectivity index (χ0v) is 68.5. The van der Waals surface area contributed by atoms with Crippen LogP contribution in [0, 0.1) is 0 Å². The van der Waals surface area contributed by atoms with Crippen molar-refractivity contribution >= 4 is 64.6 Å². The van der Waals surface area contributed by atoms with Crippen LogP contribution in [-0.2, 0) is 73.1 Å². The van der Waals surface area contributed by atoms with Crippen molar-refractivity contribution in [2.24, 2.45) is 17.2 Å². The summed E-state index contributed by atoms with van der Waals surface area (Å²) in [6.45, 7) is 1.11. The molecule has 9 heterocycles. The van der Waals surface area contributed by atoms with Gasteiger partial charge in [-0.05, 0) is 114 Å². The second kappa shape index (κ2) is 38.4. The molecule has 11 bridgehead atoms. The number of hydrogen-bond donors (Lipinski definition) is 22. The Balaban J connectivity index is 1.01. The number of aliphatic carboxylic acids is 1. The molecule has 42 heteroatoms. The van der Waals surface area contributed by atoms with Gasteiger partial charge in [0.2, 0.25) is 53.8 Å². The lowest BCUT2D eigenvalue weighted by molar-refractivity contribution is -0.330. The number of aliphatic hydroxyl groups is 9. The maximum Gasteiger partial charge on any atom is 0.330 e. The van der Waals surface area contributed by atoms with Crippen LogP contribution in [0.15, 0.2) is 133 Å². The summed E-state index contributed by atoms with van der Waals surface area (Å²) >= 11 is 13.7. The quantitative estimate of drug-likeness (QED) is 0.0563. The van der Waals surface area contributed by atoms with Crippen LogP contribution < -0.4 is 68.0 Å². The second-order valence-corrected chi connectivity index (χ2v) is 32.2. The van der Waals surface area contributed by atoms with Gasteiger partial charge in [-0.3, -0.25) is 28.8 Å². The summed E-state index contributed by atoms with van der Waals surface area (Å²) in [5.41, 5.74) is 17.0. The van der Waals surface area contributed by atoms with E-state index in [0.717, 1.165) is 48.5 Å². The maximum absolute atomic E-state index is 16.9. The van der Waals surface area contributed by atoms with Crippen molar-refractivity contribution in [1.82, 2.24) is 31.9 Å². The molecule has 4 fully saturated rings. The molecule has 0 saturated carbocycles. The van der Waals surface area contributed by atoms with Gasteiger partial charge in [0.05, 0.1) is 47.7 Å². The topological polar surface area (TPSA) is 634 Å². The van der Waals surface area contributed by atoms with Crippen LogP contribution in [0.3, 0.4) is 0 Å². The van der Waals surface area contributed by atoms with Gasteiger partial charge in [0.1, 0.15) is 126 Å². The van der Waals surface area contributed by atoms with Crippen LogP contribution in [0.2, 0.25) is 10.0 Å². The van der Waals surface area contributed by atoms with Gasteiger partial charge in [-0.15, -0.1) is 0 Å². The molecule has 0 aliphatic carbocycles. The van der Waals surface area contributed by atoms with Gasteiger partial charge < -0.3 is 168 Å². The highest BCUT2D eigenvalue weighted by atomic mass is 35.5. The van der Waals surface area contributed by atoms with E-state index in [9.17, 15) is 76.0 Å². The number of hydrogen-bond acceptors (Lipinski definition) is 33. The Morgan fingerprint density at radius 1 is 0.563 bits per heavy atom. The zero-order chi connectivity index (χ0) is 90.3. The van der Waals surface area contributed by atoms with Crippen LogP contribution in [0.5, 0.6) is 51.7 Å². The van der Waals surface area contributed by atoms with E-state index in [1.165, 1.54) is 68.6 Å². The minimum absolute atomic E-state index is 0.0252. The number of nitrogens with one attached hydrogen (secondary N) is 6.